The van der Waals surface area contributed by atoms with Crippen molar-refractivity contribution >= 4 is 11.9 Å². The van der Waals surface area contributed by atoms with Crippen LogP contribution in [0.3, 0.4) is 0 Å². The highest BCUT2D eigenvalue weighted by Gasteiger charge is 2.15. The number of carbonyl (C=O) groups excluding carboxylic acids is 1. The molecule has 0 saturated heterocycles. The van der Waals surface area contributed by atoms with E-state index in [4.69, 9.17) is 4.42 Å². The summed E-state index contributed by atoms with van der Waals surface area (Å²) in [5.41, 5.74) is -0.721. The fraction of sp³-hybridized carbons (Fsp3) is 0.0667. The van der Waals surface area contributed by atoms with Crippen molar-refractivity contribution in [3.05, 3.63) is 69.5 Å². The second-order valence-electron chi connectivity index (χ2n) is 4.15. The Balaban J connectivity index is 2.29. The first-order valence-electron chi connectivity index (χ1n) is 5.79. The molecular formula is C15H11FO4. The highest BCUT2D eigenvalue weighted by molar-refractivity contribution is 6.08. The van der Waals surface area contributed by atoms with Gasteiger partial charge in [-0.1, -0.05) is 18.2 Å². The molecule has 0 aliphatic carbocycles. The molecule has 0 saturated carbocycles. The van der Waals surface area contributed by atoms with E-state index in [0.717, 1.165) is 6.08 Å². The molecule has 1 heterocycles. The van der Waals surface area contributed by atoms with Gasteiger partial charge in [0, 0.05) is 6.07 Å². The van der Waals surface area contributed by atoms with E-state index in [1.165, 1.54) is 43.3 Å². The molecule has 1 N–H and O–H groups in total. The summed E-state index contributed by atoms with van der Waals surface area (Å²) in [6, 6.07) is 6.66. The molecule has 20 heavy (non-hydrogen) atoms. The fourth-order valence-corrected chi connectivity index (χ4v) is 1.65. The smallest absolute Gasteiger partial charge is 0.351 e. The second-order valence-corrected chi connectivity index (χ2v) is 4.15. The lowest BCUT2D eigenvalue weighted by Gasteiger charge is -1.99. The lowest BCUT2D eigenvalue weighted by molar-refractivity contribution is 0.104. The Labute approximate surface area is 113 Å². The van der Waals surface area contributed by atoms with Crippen LogP contribution in [0.4, 0.5) is 4.39 Å². The topological polar surface area (TPSA) is 67.5 Å². The fourth-order valence-electron chi connectivity index (χ4n) is 1.65. The average molecular weight is 274 g/mol. The lowest BCUT2D eigenvalue weighted by atomic mass is 10.1. The van der Waals surface area contributed by atoms with Crippen LogP contribution in [-0.2, 0) is 0 Å². The van der Waals surface area contributed by atoms with Crippen LogP contribution < -0.4 is 5.63 Å². The molecule has 5 heteroatoms. The summed E-state index contributed by atoms with van der Waals surface area (Å²) in [6.45, 7) is 1.49. The Morgan fingerprint density at radius 1 is 1.30 bits per heavy atom. The van der Waals surface area contributed by atoms with Gasteiger partial charge in [-0.2, -0.15) is 0 Å². The molecule has 0 unspecified atom stereocenters. The Hall–Kier alpha value is -2.69. The monoisotopic (exact) mass is 274 g/mol. The maximum absolute atomic E-state index is 12.7. The van der Waals surface area contributed by atoms with Crippen molar-refractivity contribution in [2.24, 2.45) is 0 Å². The van der Waals surface area contributed by atoms with E-state index in [-0.39, 0.29) is 11.6 Å². The first-order chi connectivity index (χ1) is 9.47. The summed E-state index contributed by atoms with van der Waals surface area (Å²) < 4.78 is 17.5. The molecule has 0 radical (unpaired) electrons. The van der Waals surface area contributed by atoms with Crippen LogP contribution in [0.15, 0.2) is 45.6 Å². The zero-order valence-corrected chi connectivity index (χ0v) is 10.6. The number of aryl methyl sites for hydroxylation is 1. The number of carbonyl (C=O) groups is 1. The number of rotatable bonds is 3. The molecular weight excluding hydrogens is 263 g/mol. The van der Waals surface area contributed by atoms with Gasteiger partial charge in [0.2, 0.25) is 0 Å². The molecule has 0 bridgehead atoms. The highest BCUT2D eigenvalue weighted by Crippen LogP contribution is 2.16. The first-order valence-corrected chi connectivity index (χ1v) is 5.79. The van der Waals surface area contributed by atoms with E-state index in [9.17, 15) is 19.1 Å². The number of aromatic hydroxyl groups is 1. The minimum absolute atomic E-state index is 0.214. The Morgan fingerprint density at radius 2 is 1.95 bits per heavy atom. The van der Waals surface area contributed by atoms with E-state index >= 15 is 0 Å². The summed E-state index contributed by atoms with van der Waals surface area (Å²) in [5, 5.41) is 9.61. The molecule has 0 fully saturated rings. The van der Waals surface area contributed by atoms with Crippen LogP contribution in [0.1, 0.15) is 21.7 Å². The predicted molar refractivity (Wildman–Crippen MR) is 71.1 cm³/mol. The molecule has 2 aromatic rings. The third-order valence-corrected chi connectivity index (χ3v) is 2.60. The quantitative estimate of drug-likeness (QED) is 0.690. The van der Waals surface area contributed by atoms with E-state index in [0.29, 0.717) is 5.56 Å². The Morgan fingerprint density at radius 3 is 2.55 bits per heavy atom. The average Bonchev–Trinajstić information content (AvgIpc) is 2.37. The standard InChI is InChI=1S/C15H11FO4/c1-9-8-13(18)14(15(19)20-9)12(17)7-4-10-2-5-11(16)6-3-10/h2-8,18H,1H3/b7-4+. The lowest BCUT2D eigenvalue weighted by Crippen LogP contribution is -2.12. The van der Waals surface area contributed by atoms with Crippen LogP contribution in [-0.4, -0.2) is 10.9 Å². The van der Waals surface area contributed by atoms with Gasteiger partial charge < -0.3 is 9.52 Å². The number of benzene rings is 1. The van der Waals surface area contributed by atoms with Crippen molar-refractivity contribution < 1.29 is 18.7 Å². The van der Waals surface area contributed by atoms with Gasteiger partial charge in [0.25, 0.3) is 0 Å². The molecule has 1 aromatic carbocycles. The van der Waals surface area contributed by atoms with Gasteiger partial charge >= 0.3 is 5.63 Å². The third kappa shape index (κ3) is 3.00. The second kappa shape index (κ2) is 5.52. The molecule has 0 amide bonds. The molecule has 0 aliphatic heterocycles. The van der Waals surface area contributed by atoms with E-state index in [1.807, 2.05) is 0 Å². The Kier molecular flexibility index (Phi) is 3.79. The maximum Gasteiger partial charge on any atom is 0.351 e. The maximum atomic E-state index is 12.7. The van der Waals surface area contributed by atoms with Crippen molar-refractivity contribution in [2.45, 2.75) is 6.92 Å². The summed E-state index contributed by atoms with van der Waals surface area (Å²) >= 11 is 0. The van der Waals surface area contributed by atoms with Gasteiger partial charge in [-0.25, -0.2) is 9.18 Å². The third-order valence-electron chi connectivity index (χ3n) is 2.60. The van der Waals surface area contributed by atoms with Gasteiger partial charge in [0.05, 0.1) is 0 Å². The van der Waals surface area contributed by atoms with Gasteiger partial charge in [-0.05, 0) is 30.7 Å². The summed E-state index contributed by atoms with van der Waals surface area (Å²) in [7, 11) is 0. The number of hydrogen-bond donors (Lipinski definition) is 1. The van der Waals surface area contributed by atoms with Gasteiger partial charge in [0.15, 0.2) is 5.78 Å². The van der Waals surface area contributed by atoms with Gasteiger partial charge in [0.1, 0.15) is 22.9 Å². The van der Waals surface area contributed by atoms with Crippen molar-refractivity contribution in [3.8, 4) is 5.75 Å². The van der Waals surface area contributed by atoms with Gasteiger partial charge in [-0.15, -0.1) is 0 Å². The normalized spacial score (nSPS) is 10.9. The summed E-state index contributed by atoms with van der Waals surface area (Å²) in [5.74, 6) is -1.27. The minimum atomic E-state index is -0.892. The van der Waals surface area contributed by atoms with Gasteiger partial charge in [-0.3, -0.25) is 4.79 Å². The number of allylic oxidation sites excluding steroid dienone is 1. The highest BCUT2D eigenvalue weighted by atomic mass is 19.1. The largest absolute Gasteiger partial charge is 0.507 e. The van der Waals surface area contributed by atoms with Crippen molar-refractivity contribution in [2.75, 3.05) is 0 Å². The Bertz CT molecular complexity index is 727. The number of hydrogen-bond acceptors (Lipinski definition) is 4. The zero-order valence-electron chi connectivity index (χ0n) is 10.6. The molecule has 1 aromatic heterocycles. The SMILES string of the molecule is Cc1cc(O)c(C(=O)/C=C/c2ccc(F)cc2)c(=O)o1. The number of halogens is 1. The van der Waals surface area contributed by atoms with Crippen LogP contribution in [0.5, 0.6) is 5.75 Å². The molecule has 0 spiro atoms. The van der Waals surface area contributed by atoms with Crippen molar-refractivity contribution in [1.82, 2.24) is 0 Å². The first kappa shape index (κ1) is 13.7. The van der Waals surface area contributed by atoms with E-state index < -0.39 is 22.7 Å². The minimum Gasteiger partial charge on any atom is -0.507 e. The van der Waals surface area contributed by atoms with Crippen LogP contribution in [0.25, 0.3) is 6.08 Å². The number of ketones is 1. The summed E-state index contributed by atoms with van der Waals surface area (Å²) in [6.07, 6.45) is 2.54. The zero-order chi connectivity index (χ0) is 14.7. The van der Waals surface area contributed by atoms with Crippen LogP contribution in [0.2, 0.25) is 0 Å². The molecule has 0 aliphatic rings. The van der Waals surface area contributed by atoms with Crippen molar-refractivity contribution in [3.63, 3.8) is 0 Å². The molecule has 102 valence electrons. The van der Waals surface area contributed by atoms with E-state index in [2.05, 4.69) is 0 Å². The van der Waals surface area contributed by atoms with E-state index in [1.54, 1.807) is 0 Å². The predicted octanol–water partition coefficient (Wildman–Crippen LogP) is 2.69. The van der Waals surface area contributed by atoms with Crippen LogP contribution in [0, 0.1) is 12.7 Å². The molecule has 0 atom stereocenters. The van der Waals surface area contributed by atoms with Crippen LogP contribution >= 0.6 is 0 Å². The molecule has 4 nitrogen and oxygen atoms in total. The van der Waals surface area contributed by atoms with Crippen molar-refractivity contribution in [1.29, 1.82) is 0 Å². The summed E-state index contributed by atoms with van der Waals surface area (Å²) in [4.78, 5) is 23.4. The molecule has 2 rings (SSSR count).